The molecule has 1 aromatic carbocycles. The van der Waals surface area contributed by atoms with E-state index < -0.39 is 0 Å². The molecule has 0 aliphatic heterocycles. The van der Waals surface area contributed by atoms with Gasteiger partial charge in [0.05, 0.1) is 0 Å². The first-order valence-corrected chi connectivity index (χ1v) is 7.03. The normalized spacial score (nSPS) is 21.6. The highest BCUT2D eigenvalue weighted by atomic mass is 32.1. The molecule has 1 saturated carbocycles. The molecule has 0 spiro atoms. The number of amides is 1. The summed E-state index contributed by atoms with van der Waals surface area (Å²) in [6.45, 7) is 2.00. The highest BCUT2D eigenvalue weighted by molar-refractivity contribution is 7.10. The van der Waals surface area contributed by atoms with Gasteiger partial charge in [0.25, 0.3) is 5.91 Å². The Hall–Kier alpha value is -1.61. The van der Waals surface area contributed by atoms with Gasteiger partial charge in [-0.1, -0.05) is 23.8 Å². The minimum absolute atomic E-state index is 0.0442. The molecule has 1 heterocycles. The van der Waals surface area contributed by atoms with Gasteiger partial charge >= 0.3 is 0 Å². The summed E-state index contributed by atoms with van der Waals surface area (Å²) in [4.78, 5) is 13.4. The average Bonchev–Trinajstić information content (AvgIpc) is 2.91. The van der Waals surface area contributed by atoms with Crippen LogP contribution in [0.2, 0.25) is 0 Å². The van der Waals surface area contributed by atoms with Gasteiger partial charge in [0.15, 0.2) is 0 Å². The predicted molar refractivity (Wildman–Crippen MR) is 74.1 cm³/mol. The molecule has 1 N–H and O–H groups in total. The maximum Gasteiger partial charge on any atom is 0.251 e. The lowest BCUT2D eigenvalue weighted by molar-refractivity contribution is 0.0950. The summed E-state index contributed by atoms with van der Waals surface area (Å²) in [6, 6.07) is 12.3. The third-order valence-electron chi connectivity index (χ3n) is 3.30. The van der Waals surface area contributed by atoms with Gasteiger partial charge in [-0.05, 0) is 36.9 Å². The van der Waals surface area contributed by atoms with E-state index in [1.54, 1.807) is 11.3 Å². The first-order chi connectivity index (χ1) is 8.74. The molecule has 2 nitrogen and oxygen atoms in total. The Morgan fingerprint density at radius 3 is 2.94 bits per heavy atom. The van der Waals surface area contributed by atoms with Crippen molar-refractivity contribution in [2.45, 2.75) is 25.3 Å². The van der Waals surface area contributed by atoms with Gasteiger partial charge in [-0.25, -0.2) is 0 Å². The number of carbonyl (C=O) groups excluding carboxylic acids is 1. The minimum Gasteiger partial charge on any atom is -0.349 e. The zero-order valence-corrected chi connectivity index (χ0v) is 11.0. The van der Waals surface area contributed by atoms with Gasteiger partial charge in [0.1, 0.15) is 0 Å². The minimum atomic E-state index is 0.0442. The van der Waals surface area contributed by atoms with Gasteiger partial charge < -0.3 is 5.32 Å². The molecule has 2 aromatic rings. The monoisotopic (exact) mass is 257 g/mol. The summed E-state index contributed by atoms with van der Waals surface area (Å²) >= 11 is 1.77. The highest BCUT2D eigenvalue weighted by Gasteiger charge is 2.40. The molecule has 0 saturated heterocycles. The van der Waals surface area contributed by atoms with Crippen molar-refractivity contribution < 1.29 is 4.79 Å². The molecule has 92 valence electrons. The van der Waals surface area contributed by atoms with E-state index in [-0.39, 0.29) is 5.91 Å². The Labute approximate surface area is 111 Å². The molecule has 1 amide bonds. The first kappa shape index (κ1) is 11.5. The van der Waals surface area contributed by atoms with Crippen molar-refractivity contribution in [2.75, 3.05) is 0 Å². The van der Waals surface area contributed by atoms with Crippen LogP contribution in [0.5, 0.6) is 0 Å². The summed E-state index contributed by atoms with van der Waals surface area (Å²) in [7, 11) is 0. The van der Waals surface area contributed by atoms with E-state index in [0.717, 1.165) is 17.5 Å². The quantitative estimate of drug-likeness (QED) is 0.897. The second kappa shape index (κ2) is 4.58. The number of nitrogens with one attached hydrogen (secondary N) is 1. The fraction of sp³-hybridized carbons (Fsp3) is 0.267. The lowest BCUT2D eigenvalue weighted by Crippen LogP contribution is -2.26. The van der Waals surface area contributed by atoms with Crippen molar-refractivity contribution in [3.63, 3.8) is 0 Å². The van der Waals surface area contributed by atoms with E-state index in [4.69, 9.17) is 0 Å². The first-order valence-electron chi connectivity index (χ1n) is 6.15. The number of carbonyl (C=O) groups is 1. The van der Waals surface area contributed by atoms with E-state index in [0.29, 0.717) is 12.0 Å². The lowest BCUT2D eigenvalue weighted by Gasteiger charge is -2.04. The summed E-state index contributed by atoms with van der Waals surface area (Å²) in [5.41, 5.74) is 1.88. The zero-order chi connectivity index (χ0) is 12.5. The average molecular weight is 257 g/mol. The number of benzene rings is 1. The Bertz CT molecular complexity index is 562. The number of hydrogen-bond acceptors (Lipinski definition) is 2. The van der Waals surface area contributed by atoms with Crippen LogP contribution in [0.1, 0.15) is 33.1 Å². The molecule has 3 rings (SSSR count). The molecule has 1 aliphatic rings. The SMILES string of the molecule is Cc1cccc(C(=O)NC2CC2c2cccs2)c1. The van der Waals surface area contributed by atoms with Crippen LogP contribution in [0, 0.1) is 6.92 Å². The van der Waals surface area contributed by atoms with E-state index >= 15 is 0 Å². The van der Waals surface area contributed by atoms with Gasteiger partial charge in [-0.15, -0.1) is 11.3 Å². The highest BCUT2D eigenvalue weighted by Crippen LogP contribution is 2.42. The molecule has 1 fully saturated rings. The fourth-order valence-electron chi connectivity index (χ4n) is 2.21. The van der Waals surface area contributed by atoms with E-state index in [1.165, 1.54) is 4.88 Å². The second-order valence-corrected chi connectivity index (χ2v) is 5.79. The van der Waals surface area contributed by atoms with Gasteiger partial charge in [0.2, 0.25) is 0 Å². The van der Waals surface area contributed by atoms with Crippen LogP contribution >= 0.6 is 11.3 Å². The van der Waals surface area contributed by atoms with Gasteiger partial charge in [0, 0.05) is 22.4 Å². The molecule has 3 heteroatoms. The van der Waals surface area contributed by atoms with Crippen molar-refractivity contribution in [3.8, 4) is 0 Å². The predicted octanol–water partition coefficient (Wildman–Crippen LogP) is 3.34. The number of rotatable bonds is 3. The second-order valence-electron chi connectivity index (χ2n) is 4.81. The van der Waals surface area contributed by atoms with Crippen LogP contribution in [-0.2, 0) is 0 Å². The molecule has 0 bridgehead atoms. The molecule has 0 radical (unpaired) electrons. The molecular formula is C15H15NOS. The summed E-state index contributed by atoms with van der Waals surface area (Å²) in [5.74, 6) is 0.571. The smallest absolute Gasteiger partial charge is 0.251 e. The molecule has 1 aromatic heterocycles. The maximum atomic E-state index is 12.1. The zero-order valence-electron chi connectivity index (χ0n) is 10.2. The molecular weight excluding hydrogens is 242 g/mol. The lowest BCUT2D eigenvalue weighted by atomic mass is 10.1. The Kier molecular flexibility index (Phi) is 2.92. The standard InChI is InChI=1S/C15H15NOS/c1-10-4-2-5-11(8-10)15(17)16-13-9-12(13)14-6-3-7-18-14/h2-8,12-13H,9H2,1H3,(H,16,17). The van der Waals surface area contributed by atoms with Gasteiger partial charge in [-0.2, -0.15) is 0 Å². The largest absolute Gasteiger partial charge is 0.349 e. The Morgan fingerprint density at radius 1 is 1.33 bits per heavy atom. The van der Waals surface area contributed by atoms with Crippen molar-refractivity contribution in [1.82, 2.24) is 5.32 Å². The number of hydrogen-bond donors (Lipinski definition) is 1. The third kappa shape index (κ3) is 2.31. The number of aryl methyl sites for hydroxylation is 1. The van der Waals surface area contributed by atoms with Crippen molar-refractivity contribution >= 4 is 17.2 Å². The van der Waals surface area contributed by atoms with Crippen LogP contribution in [-0.4, -0.2) is 11.9 Å². The molecule has 2 atom stereocenters. The third-order valence-corrected chi connectivity index (χ3v) is 4.30. The maximum absolute atomic E-state index is 12.1. The summed E-state index contributed by atoms with van der Waals surface area (Å²) in [6.07, 6.45) is 1.07. The molecule has 18 heavy (non-hydrogen) atoms. The molecule has 1 aliphatic carbocycles. The van der Waals surface area contributed by atoms with Gasteiger partial charge in [-0.3, -0.25) is 4.79 Å². The van der Waals surface area contributed by atoms with E-state index in [2.05, 4.69) is 22.8 Å². The Balaban J connectivity index is 1.63. The molecule has 2 unspecified atom stereocenters. The van der Waals surface area contributed by atoms with Crippen molar-refractivity contribution in [3.05, 3.63) is 57.8 Å². The fourth-order valence-corrected chi connectivity index (χ4v) is 3.12. The van der Waals surface area contributed by atoms with Crippen LogP contribution in [0.15, 0.2) is 41.8 Å². The van der Waals surface area contributed by atoms with Crippen molar-refractivity contribution in [1.29, 1.82) is 0 Å². The number of thiophene rings is 1. The van der Waals surface area contributed by atoms with E-state index in [1.807, 2.05) is 31.2 Å². The van der Waals surface area contributed by atoms with Crippen LogP contribution in [0.4, 0.5) is 0 Å². The summed E-state index contributed by atoms with van der Waals surface area (Å²) in [5, 5.41) is 5.19. The Morgan fingerprint density at radius 2 is 2.22 bits per heavy atom. The summed E-state index contributed by atoms with van der Waals surface area (Å²) < 4.78 is 0. The van der Waals surface area contributed by atoms with E-state index in [9.17, 15) is 4.79 Å². The van der Waals surface area contributed by atoms with Crippen LogP contribution < -0.4 is 5.32 Å². The topological polar surface area (TPSA) is 29.1 Å². The van der Waals surface area contributed by atoms with Crippen molar-refractivity contribution in [2.24, 2.45) is 0 Å². The van der Waals surface area contributed by atoms with Crippen LogP contribution in [0.3, 0.4) is 0 Å². The van der Waals surface area contributed by atoms with Crippen LogP contribution in [0.25, 0.3) is 0 Å².